The fourth-order valence-electron chi connectivity index (χ4n) is 3.02. The van der Waals surface area contributed by atoms with E-state index in [1.807, 2.05) is 0 Å². The van der Waals surface area contributed by atoms with Crippen LogP contribution in [0.15, 0.2) is 0 Å². The van der Waals surface area contributed by atoms with Gasteiger partial charge in [0.25, 0.3) is 0 Å². The second-order valence-electron chi connectivity index (χ2n) is 14.5. The third-order valence-corrected chi connectivity index (χ3v) is 22.2. The van der Waals surface area contributed by atoms with Crippen LogP contribution in [0.1, 0.15) is 62.3 Å². The highest BCUT2D eigenvalue weighted by molar-refractivity contribution is 6.75. The van der Waals surface area contributed by atoms with Gasteiger partial charge < -0.3 is 27.9 Å². The van der Waals surface area contributed by atoms with Crippen molar-refractivity contribution in [3.63, 3.8) is 0 Å². The van der Waals surface area contributed by atoms with Gasteiger partial charge in [-0.15, -0.1) is 0 Å². The summed E-state index contributed by atoms with van der Waals surface area (Å²) in [5, 5.41) is 11.7. The second kappa shape index (κ2) is 10.6. The Morgan fingerprint density at radius 1 is 0.676 bits per heavy atom. The molecule has 0 aromatic carbocycles. The summed E-state index contributed by atoms with van der Waals surface area (Å²) >= 11 is 0. The number of methoxy groups -OCH3 is 1. The van der Waals surface area contributed by atoms with Crippen LogP contribution in [0, 0.1) is 0 Å². The maximum atomic E-state index is 11.6. The third kappa shape index (κ3) is 7.47. The number of aliphatic hydroxyl groups is 1. The van der Waals surface area contributed by atoms with Crippen LogP contribution < -0.4 is 0 Å². The van der Waals surface area contributed by atoms with Crippen molar-refractivity contribution in [1.82, 2.24) is 0 Å². The SMILES string of the molecule is CO[C@@H]1O[C@H](CO[Si](C)(C)C(C)(C)C)[C@H](O)[C@H](O[Si](C)(C)C(C)(C)C)[C@H]1O[Si](C)(C)C(C)(C)C. The topological polar surface area (TPSA) is 66.4 Å². The minimum Gasteiger partial charge on any atom is -0.414 e. The standard InChI is InChI=1S/C25H56O6Si3/c1-23(2,3)32(11,12)28-17-18-19(26)20(30-33(13,14)24(4,5)6)21(22(27-10)29-18)31-34(15,16)25(7,8)9/h18-22,26H,17H2,1-16H3/t18-,19+,20+,21-,22-/m1/s1. The van der Waals surface area contributed by atoms with Crippen LogP contribution in [0.3, 0.4) is 0 Å². The van der Waals surface area contributed by atoms with E-state index < -0.39 is 55.7 Å². The second-order valence-corrected chi connectivity index (χ2v) is 28.8. The van der Waals surface area contributed by atoms with E-state index in [2.05, 4.69) is 102 Å². The van der Waals surface area contributed by atoms with Gasteiger partial charge in [0.2, 0.25) is 0 Å². The van der Waals surface area contributed by atoms with Crippen molar-refractivity contribution < 1.29 is 27.9 Å². The minimum absolute atomic E-state index is 0.0000593. The molecule has 5 atom stereocenters. The van der Waals surface area contributed by atoms with Crippen molar-refractivity contribution in [2.24, 2.45) is 0 Å². The molecule has 0 unspecified atom stereocenters. The minimum atomic E-state index is -2.23. The predicted octanol–water partition coefficient (Wildman–Crippen LogP) is 6.52. The first kappa shape index (κ1) is 32.4. The molecule has 1 aliphatic rings. The molecule has 1 fully saturated rings. The van der Waals surface area contributed by atoms with Crippen molar-refractivity contribution >= 4 is 25.0 Å². The maximum Gasteiger partial charge on any atom is 0.192 e. The van der Waals surface area contributed by atoms with Crippen LogP contribution in [0.2, 0.25) is 54.4 Å². The molecule has 1 rings (SSSR count). The van der Waals surface area contributed by atoms with Gasteiger partial charge in [-0.3, -0.25) is 0 Å². The maximum absolute atomic E-state index is 11.6. The Morgan fingerprint density at radius 3 is 1.41 bits per heavy atom. The van der Waals surface area contributed by atoms with Gasteiger partial charge in [-0.05, 0) is 54.4 Å². The van der Waals surface area contributed by atoms with Gasteiger partial charge in [0.1, 0.15) is 24.4 Å². The number of rotatable bonds is 8. The van der Waals surface area contributed by atoms with Gasteiger partial charge in [0.15, 0.2) is 31.2 Å². The van der Waals surface area contributed by atoms with E-state index in [4.69, 9.17) is 22.8 Å². The molecule has 0 aromatic rings. The van der Waals surface area contributed by atoms with Crippen molar-refractivity contribution in [3.8, 4) is 0 Å². The van der Waals surface area contributed by atoms with Gasteiger partial charge in [0.05, 0.1) is 6.61 Å². The van der Waals surface area contributed by atoms with Gasteiger partial charge >= 0.3 is 0 Å². The molecule has 1 saturated heterocycles. The van der Waals surface area contributed by atoms with Gasteiger partial charge in [0, 0.05) is 7.11 Å². The van der Waals surface area contributed by atoms with E-state index in [1.54, 1.807) is 7.11 Å². The lowest BCUT2D eigenvalue weighted by Gasteiger charge is -2.51. The van der Waals surface area contributed by atoms with Crippen LogP contribution in [-0.2, 0) is 22.8 Å². The molecule has 0 bridgehead atoms. The number of hydrogen-bond donors (Lipinski definition) is 1. The normalized spacial score (nSPS) is 28.3. The first-order chi connectivity index (χ1) is 14.9. The fraction of sp³-hybridized carbons (Fsp3) is 1.00. The molecule has 204 valence electrons. The molecule has 0 spiro atoms. The molecule has 1 aliphatic heterocycles. The Labute approximate surface area is 213 Å². The monoisotopic (exact) mass is 536 g/mol. The van der Waals surface area contributed by atoms with Crippen LogP contribution in [0.4, 0.5) is 0 Å². The first-order valence-corrected chi connectivity index (χ1v) is 21.5. The molecule has 9 heteroatoms. The zero-order chi connectivity index (χ0) is 27.1. The molecule has 6 nitrogen and oxygen atoms in total. The Hall–Kier alpha value is 0.411. The first-order valence-electron chi connectivity index (χ1n) is 12.7. The van der Waals surface area contributed by atoms with Gasteiger partial charge in [-0.25, -0.2) is 0 Å². The number of hydrogen-bond acceptors (Lipinski definition) is 6. The number of ether oxygens (including phenoxy) is 2. The average molecular weight is 537 g/mol. The lowest BCUT2D eigenvalue weighted by Crippen LogP contribution is -2.66. The molecule has 0 aliphatic carbocycles. The van der Waals surface area contributed by atoms with Gasteiger partial charge in [-0.2, -0.15) is 0 Å². The Bertz CT molecular complexity index is 661. The fourth-order valence-corrected chi connectivity index (χ4v) is 6.62. The molecule has 0 aromatic heterocycles. The Kier molecular flexibility index (Phi) is 10.2. The zero-order valence-corrected chi connectivity index (χ0v) is 28.1. The summed E-state index contributed by atoms with van der Waals surface area (Å²) in [5.74, 6) is 0. The van der Waals surface area contributed by atoms with Crippen molar-refractivity contribution in [3.05, 3.63) is 0 Å². The molecule has 1 heterocycles. The molecule has 0 amide bonds. The number of aliphatic hydroxyl groups excluding tert-OH is 1. The smallest absolute Gasteiger partial charge is 0.192 e. The van der Waals surface area contributed by atoms with Crippen LogP contribution in [-0.4, -0.2) is 74.5 Å². The van der Waals surface area contributed by atoms with Crippen LogP contribution in [0.5, 0.6) is 0 Å². The van der Waals surface area contributed by atoms with E-state index in [0.29, 0.717) is 6.61 Å². The molecular formula is C25H56O6Si3. The molecule has 1 N–H and O–H groups in total. The summed E-state index contributed by atoms with van der Waals surface area (Å²) in [6, 6.07) is 0. The van der Waals surface area contributed by atoms with E-state index in [1.165, 1.54) is 0 Å². The highest BCUT2D eigenvalue weighted by Crippen LogP contribution is 2.43. The zero-order valence-electron chi connectivity index (χ0n) is 25.1. The van der Waals surface area contributed by atoms with E-state index in [-0.39, 0.29) is 15.1 Å². The quantitative estimate of drug-likeness (QED) is 0.356. The summed E-state index contributed by atoms with van der Waals surface area (Å²) in [5.41, 5.74) is 0. The Balaban J connectivity index is 3.36. The van der Waals surface area contributed by atoms with E-state index in [9.17, 15) is 5.11 Å². The summed E-state index contributed by atoms with van der Waals surface area (Å²) in [6.07, 6.45) is -3.13. The molecule has 0 saturated carbocycles. The largest absolute Gasteiger partial charge is 0.414 e. The van der Waals surface area contributed by atoms with Crippen LogP contribution >= 0.6 is 0 Å². The predicted molar refractivity (Wildman–Crippen MR) is 149 cm³/mol. The molecule has 0 radical (unpaired) electrons. The molecular weight excluding hydrogens is 481 g/mol. The van der Waals surface area contributed by atoms with E-state index >= 15 is 0 Å². The summed E-state index contributed by atoms with van der Waals surface area (Å²) < 4.78 is 32.3. The lowest BCUT2D eigenvalue weighted by atomic mass is 9.99. The summed E-state index contributed by atoms with van der Waals surface area (Å²) in [7, 11) is -4.80. The Morgan fingerprint density at radius 2 is 1.06 bits per heavy atom. The highest BCUT2D eigenvalue weighted by Gasteiger charge is 2.54. The lowest BCUT2D eigenvalue weighted by molar-refractivity contribution is -0.287. The van der Waals surface area contributed by atoms with Gasteiger partial charge in [-0.1, -0.05) is 62.3 Å². The van der Waals surface area contributed by atoms with Crippen molar-refractivity contribution in [2.75, 3.05) is 13.7 Å². The highest BCUT2D eigenvalue weighted by atomic mass is 28.4. The van der Waals surface area contributed by atoms with Crippen molar-refractivity contribution in [1.29, 1.82) is 0 Å². The summed E-state index contributed by atoms with van der Waals surface area (Å²) in [4.78, 5) is 0. The van der Waals surface area contributed by atoms with E-state index in [0.717, 1.165) is 0 Å². The third-order valence-electron chi connectivity index (χ3n) is 8.74. The summed E-state index contributed by atoms with van der Waals surface area (Å²) in [6.45, 7) is 33.5. The average Bonchev–Trinajstić information content (AvgIpc) is 2.61. The van der Waals surface area contributed by atoms with Crippen molar-refractivity contribution in [2.45, 2.75) is 147 Å². The van der Waals surface area contributed by atoms with Crippen LogP contribution in [0.25, 0.3) is 0 Å². The molecule has 34 heavy (non-hydrogen) atoms.